The van der Waals surface area contributed by atoms with Crippen molar-refractivity contribution >= 4 is 21.8 Å². The van der Waals surface area contributed by atoms with Crippen LogP contribution in [0.1, 0.15) is 25.8 Å². The van der Waals surface area contributed by atoms with E-state index in [2.05, 4.69) is 10.6 Å². The fourth-order valence-electron chi connectivity index (χ4n) is 3.06. The molecule has 2 N–H and O–H groups in total. The highest BCUT2D eigenvalue weighted by molar-refractivity contribution is 7.91. The third-order valence-electron chi connectivity index (χ3n) is 4.13. The number of amides is 3. The monoisotopic (exact) mass is 354 g/mol. The van der Waals surface area contributed by atoms with E-state index in [4.69, 9.17) is 9.47 Å². The van der Waals surface area contributed by atoms with Crippen LogP contribution in [0.25, 0.3) is 0 Å². The summed E-state index contributed by atoms with van der Waals surface area (Å²) in [5.41, 5.74) is -1.18. The molecular weight excluding hydrogens is 336 g/mol. The molecule has 24 heavy (non-hydrogen) atoms. The van der Waals surface area contributed by atoms with Crippen molar-refractivity contribution in [1.29, 1.82) is 0 Å². The highest BCUT2D eigenvalue weighted by Crippen LogP contribution is 2.44. The van der Waals surface area contributed by atoms with Crippen LogP contribution in [0.2, 0.25) is 0 Å². The van der Waals surface area contributed by atoms with Gasteiger partial charge < -0.3 is 14.8 Å². The lowest BCUT2D eigenvalue weighted by Gasteiger charge is -2.33. The van der Waals surface area contributed by atoms with Crippen molar-refractivity contribution in [2.24, 2.45) is 0 Å². The molecule has 3 rings (SSSR count). The molecule has 3 amide bonds. The van der Waals surface area contributed by atoms with Gasteiger partial charge in [0.15, 0.2) is 21.3 Å². The number of carbonyl (C=O) groups excluding carboxylic acids is 2. The summed E-state index contributed by atoms with van der Waals surface area (Å²) in [5.74, 6) is -0.171. The maximum Gasteiger partial charge on any atom is 0.322 e. The molecule has 1 aromatic rings. The third-order valence-corrected chi connectivity index (χ3v) is 5.88. The van der Waals surface area contributed by atoms with Gasteiger partial charge in [-0.2, -0.15) is 0 Å². The molecule has 9 heteroatoms. The van der Waals surface area contributed by atoms with Gasteiger partial charge in [-0.3, -0.25) is 10.1 Å². The van der Waals surface area contributed by atoms with Crippen molar-refractivity contribution in [3.63, 3.8) is 0 Å². The first-order valence-corrected chi connectivity index (χ1v) is 9.29. The number of hydrogen-bond donors (Lipinski definition) is 2. The van der Waals surface area contributed by atoms with Crippen LogP contribution in [0.5, 0.6) is 11.5 Å². The van der Waals surface area contributed by atoms with Gasteiger partial charge in [0.1, 0.15) is 5.54 Å². The average Bonchev–Trinajstić information content (AvgIpc) is 2.80. The molecule has 130 valence electrons. The number of ether oxygens (including phenoxy) is 2. The summed E-state index contributed by atoms with van der Waals surface area (Å²) in [6.45, 7) is 4.24. The summed E-state index contributed by atoms with van der Waals surface area (Å²) in [6.07, 6.45) is -0.0283. The predicted molar refractivity (Wildman–Crippen MR) is 83.8 cm³/mol. The van der Waals surface area contributed by atoms with Crippen LogP contribution in [0.4, 0.5) is 4.79 Å². The van der Waals surface area contributed by atoms with Crippen LogP contribution in [-0.2, 0) is 20.2 Å². The number of rotatable bonds is 4. The molecule has 1 saturated heterocycles. The van der Waals surface area contributed by atoms with Gasteiger partial charge in [0.2, 0.25) is 0 Å². The van der Waals surface area contributed by atoms with E-state index in [9.17, 15) is 18.0 Å². The minimum Gasteiger partial charge on any atom is -0.490 e. The zero-order valence-electron chi connectivity index (χ0n) is 13.3. The highest BCUT2D eigenvalue weighted by atomic mass is 32.2. The van der Waals surface area contributed by atoms with E-state index in [1.54, 1.807) is 13.8 Å². The van der Waals surface area contributed by atoms with Crippen LogP contribution < -0.4 is 20.1 Å². The van der Waals surface area contributed by atoms with Crippen molar-refractivity contribution in [3.05, 3.63) is 17.7 Å². The van der Waals surface area contributed by atoms with Crippen molar-refractivity contribution in [2.45, 2.75) is 30.7 Å². The van der Waals surface area contributed by atoms with Crippen molar-refractivity contribution < 1.29 is 27.5 Å². The maximum absolute atomic E-state index is 12.5. The van der Waals surface area contributed by atoms with E-state index >= 15 is 0 Å². The second-order valence-electron chi connectivity index (χ2n) is 5.54. The molecular formula is C15H18N2O6S. The van der Waals surface area contributed by atoms with Crippen molar-refractivity contribution in [3.8, 4) is 11.5 Å². The lowest BCUT2D eigenvalue weighted by molar-refractivity contribution is -0.124. The number of imide groups is 1. The lowest BCUT2D eigenvalue weighted by atomic mass is 9.86. The van der Waals surface area contributed by atoms with E-state index < -0.39 is 27.3 Å². The molecule has 2 heterocycles. The Balaban J connectivity index is 2.26. The summed E-state index contributed by atoms with van der Waals surface area (Å²) in [4.78, 5) is 24.0. The van der Waals surface area contributed by atoms with Crippen LogP contribution in [-0.4, -0.2) is 39.3 Å². The molecule has 0 radical (unpaired) electrons. The quantitative estimate of drug-likeness (QED) is 0.770. The second kappa shape index (κ2) is 5.66. The van der Waals surface area contributed by atoms with Crippen LogP contribution in [0.3, 0.4) is 0 Å². The van der Waals surface area contributed by atoms with E-state index in [0.717, 1.165) is 0 Å². The fourth-order valence-corrected chi connectivity index (χ4v) is 4.71. The minimum absolute atomic E-state index is 0.0157. The number of sulfone groups is 1. The zero-order chi connectivity index (χ0) is 17.5. The van der Waals surface area contributed by atoms with Gasteiger partial charge in [0.05, 0.1) is 23.9 Å². The smallest absolute Gasteiger partial charge is 0.322 e. The van der Waals surface area contributed by atoms with E-state index in [1.807, 2.05) is 0 Å². The maximum atomic E-state index is 12.5. The topological polar surface area (TPSA) is 111 Å². The first kappa shape index (κ1) is 16.6. The van der Waals surface area contributed by atoms with Gasteiger partial charge in [0.25, 0.3) is 5.91 Å². The van der Waals surface area contributed by atoms with Gasteiger partial charge in [0, 0.05) is 11.6 Å². The molecule has 0 aliphatic carbocycles. The number of carbonyl (C=O) groups is 2. The zero-order valence-corrected chi connectivity index (χ0v) is 14.2. The molecule has 1 spiro atoms. The van der Waals surface area contributed by atoms with Crippen LogP contribution in [0.15, 0.2) is 17.0 Å². The molecule has 1 fully saturated rings. The summed E-state index contributed by atoms with van der Waals surface area (Å²) in [6, 6.07) is 2.21. The Bertz CT molecular complexity index is 819. The van der Waals surface area contributed by atoms with E-state index in [0.29, 0.717) is 24.7 Å². The molecule has 8 nitrogen and oxygen atoms in total. The number of urea groups is 1. The minimum atomic E-state index is -3.59. The van der Waals surface area contributed by atoms with E-state index in [1.165, 1.54) is 12.1 Å². The molecule has 1 unspecified atom stereocenters. The average molecular weight is 354 g/mol. The summed E-state index contributed by atoms with van der Waals surface area (Å²) in [7, 11) is -3.59. The predicted octanol–water partition coefficient (Wildman–Crippen LogP) is 0.696. The Morgan fingerprint density at radius 1 is 1.12 bits per heavy atom. The lowest BCUT2D eigenvalue weighted by Crippen LogP contribution is -2.48. The normalized spacial score (nSPS) is 24.2. The fraction of sp³-hybridized carbons (Fsp3) is 0.467. The molecule has 2 aliphatic rings. The Hall–Kier alpha value is -2.29. The molecule has 1 atom stereocenters. The standard InChI is InChI=1S/C15H18N2O6S/c1-3-22-10-7-9-12(8-11(10)23-4-2)24(20,21)6-5-15(9)13(18)16-14(19)17-15/h7-8H,3-6H2,1-2H3,(H2,16,17,18,19). The number of benzene rings is 1. The molecule has 0 bridgehead atoms. The first-order chi connectivity index (χ1) is 11.3. The number of hydrogen-bond acceptors (Lipinski definition) is 6. The number of fused-ring (bicyclic) bond motifs is 2. The summed E-state index contributed by atoms with van der Waals surface area (Å²) >= 11 is 0. The summed E-state index contributed by atoms with van der Waals surface area (Å²) in [5, 5.41) is 4.75. The van der Waals surface area contributed by atoms with Gasteiger partial charge in [-0.15, -0.1) is 0 Å². The molecule has 1 aromatic carbocycles. The third kappa shape index (κ3) is 2.39. The summed E-state index contributed by atoms with van der Waals surface area (Å²) < 4.78 is 36.0. The Labute approximate surface area is 139 Å². The molecule has 0 aromatic heterocycles. The van der Waals surface area contributed by atoms with E-state index in [-0.39, 0.29) is 22.6 Å². The Morgan fingerprint density at radius 3 is 2.29 bits per heavy atom. The first-order valence-electron chi connectivity index (χ1n) is 7.64. The van der Waals surface area contributed by atoms with Crippen molar-refractivity contribution in [1.82, 2.24) is 10.6 Å². The molecule has 2 aliphatic heterocycles. The van der Waals surface area contributed by atoms with Gasteiger partial charge in [-0.25, -0.2) is 13.2 Å². The second-order valence-corrected chi connectivity index (χ2v) is 7.62. The number of nitrogens with one attached hydrogen (secondary N) is 2. The largest absolute Gasteiger partial charge is 0.490 e. The van der Waals surface area contributed by atoms with Crippen molar-refractivity contribution in [2.75, 3.05) is 19.0 Å². The highest BCUT2D eigenvalue weighted by Gasteiger charge is 2.53. The van der Waals surface area contributed by atoms with Crippen LogP contribution >= 0.6 is 0 Å². The SMILES string of the molecule is CCOc1cc2c(cc1OCC)S(=O)(=O)CCC21NC(=O)NC1=O. The van der Waals surface area contributed by atoms with Gasteiger partial charge in [-0.05, 0) is 26.3 Å². The van der Waals surface area contributed by atoms with Gasteiger partial charge in [-0.1, -0.05) is 0 Å². The Kier molecular flexibility index (Phi) is 3.90. The van der Waals surface area contributed by atoms with Crippen LogP contribution in [0, 0.1) is 0 Å². The Morgan fingerprint density at radius 2 is 1.75 bits per heavy atom. The van der Waals surface area contributed by atoms with Gasteiger partial charge >= 0.3 is 6.03 Å². The molecule has 0 saturated carbocycles.